The van der Waals surface area contributed by atoms with Crippen LogP contribution >= 0.6 is 0 Å². The maximum absolute atomic E-state index is 10.6. The molecule has 0 bridgehead atoms. The molecule has 2 aromatic carbocycles. The maximum Gasteiger partial charge on any atom is 0.120 e. The first-order valence-corrected chi connectivity index (χ1v) is 7.67. The second-order valence-electron chi connectivity index (χ2n) is 5.95. The highest BCUT2D eigenvalue weighted by molar-refractivity contribution is 5.60. The highest BCUT2D eigenvalue weighted by atomic mass is 16.1. The molecule has 2 nitrogen and oxygen atoms in total. The molecule has 1 saturated carbocycles. The van der Waals surface area contributed by atoms with Gasteiger partial charge in [0.2, 0.25) is 0 Å². The van der Waals surface area contributed by atoms with Crippen LogP contribution in [0.2, 0.25) is 0 Å². The molecular formula is C19H21NO. The summed E-state index contributed by atoms with van der Waals surface area (Å²) < 4.78 is 0. The molecule has 1 atom stereocenters. The van der Waals surface area contributed by atoms with Gasteiger partial charge in [-0.15, -0.1) is 0 Å². The molecule has 2 heteroatoms. The molecule has 2 aromatic rings. The van der Waals surface area contributed by atoms with Crippen LogP contribution in [0.5, 0.6) is 0 Å². The molecule has 0 radical (unpaired) electrons. The van der Waals surface area contributed by atoms with Gasteiger partial charge in [-0.05, 0) is 60.1 Å². The third-order valence-corrected chi connectivity index (χ3v) is 4.18. The van der Waals surface area contributed by atoms with Gasteiger partial charge < -0.3 is 10.1 Å². The van der Waals surface area contributed by atoms with Gasteiger partial charge in [-0.2, -0.15) is 0 Å². The standard InChI is InChI=1S/C19H21NO/c1-14(12-13-21)15-4-8-18(9-5-15)20-19-10-6-17(7-11-19)16-2-3-16/h4-11,13-14,16,20H,2-3,12H2,1H3. The number of nitrogens with one attached hydrogen (secondary N) is 1. The molecule has 108 valence electrons. The van der Waals surface area contributed by atoms with Crippen molar-refractivity contribution in [1.82, 2.24) is 0 Å². The minimum absolute atomic E-state index is 0.286. The number of anilines is 2. The summed E-state index contributed by atoms with van der Waals surface area (Å²) in [5, 5.41) is 3.42. The van der Waals surface area contributed by atoms with E-state index in [4.69, 9.17) is 0 Å². The van der Waals surface area contributed by atoms with E-state index in [2.05, 4.69) is 60.8 Å². The van der Waals surface area contributed by atoms with E-state index in [-0.39, 0.29) is 5.92 Å². The predicted molar refractivity (Wildman–Crippen MR) is 87.2 cm³/mol. The number of carbonyl (C=O) groups is 1. The van der Waals surface area contributed by atoms with Crippen molar-refractivity contribution in [3.05, 3.63) is 59.7 Å². The molecule has 1 aliphatic carbocycles. The lowest BCUT2D eigenvalue weighted by molar-refractivity contribution is -0.108. The van der Waals surface area contributed by atoms with E-state index < -0.39 is 0 Å². The Morgan fingerprint density at radius 3 is 2.14 bits per heavy atom. The van der Waals surface area contributed by atoms with Crippen LogP contribution in [0, 0.1) is 0 Å². The fourth-order valence-corrected chi connectivity index (χ4v) is 2.60. The van der Waals surface area contributed by atoms with Gasteiger partial charge in [0.25, 0.3) is 0 Å². The lowest BCUT2D eigenvalue weighted by Crippen LogP contribution is -1.95. The zero-order chi connectivity index (χ0) is 14.7. The van der Waals surface area contributed by atoms with Crippen LogP contribution in [0.4, 0.5) is 11.4 Å². The molecule has 0 spiro atoms. The zero-order valence-electron chi connectivity index (χ0n) is 12.4. The quantitative estimate of drug-likeness (QED) is 0.754. The molecule has 0 aliphatic heterocycles. The molecule has 1 N–H and O–H groups in total. The van der Waals surface area contributed by atoms with Gasteiger partial charge in [0.05, 0.1) is 0 Å². The normalized spacial score (nSPS) is 15.5. The monoisotopic (exact) mass is 279 g/mol. The van der Waals surface area contributed by atoms with Gasteiger partial charge in [-0.3, -0.25) is 0 Å². The Morgan fingerprint density at radius 2 is 1.62 bits per heavy atom. The summed E-state index contributed by atoms with van der Waals surface area (Å²) in [7, 11) is 0. The number of carbonyl (C=O) groups excluding carboxylic acids is 1. The second-order valence-corrected chi connectivity index (χ2v) is 5.95. The summed E-state index contributed by atoms with van der Waals surface area (Å²) in [6, 6.07) is 17.1. The van der Waals surface area contributed by atoms with Crippen molar-refractivity contribution in [2.24, 2.45) is 0 Å². The number of hydrogen-bond donors (Lipinski definition) is 1. The largest absolute Gasteiger partial charge is 0.356 e. The van der Waals surface area contributed by atoms with Gasteiger partial charge >= 0.3 is 0 Å². The van der Waals surface area contributed by atoms with Crippen LogP contribution in [0.25, 0.3) is 0 Å². The number of hydrogen-bond acceptors (Lipinski definition) is 2. The SMILES string of the molecule is CC(CC=O)c1ccc(Nc2ccc(C3CC3)cc2)cc1. The molecule has 0 heterocycles. The van der Waals surface area contributed by atoms with Crippen molar-refractivity contribution in [3.63, 3.8) is 0 Å². The van der Waals surface area contributed by atoms with Crippen LogP contribution in [-0.2, 0) is 4.79 Å². The van der Waals surface area contributed by atoms with Gasteiger partial charge in [0, 0.05) is 17.8 Å². The number of aldehydes is 1. The Morgan fingerprint density at radius 1 is 1.05 bits per heavy atom. The first-order chi connectivity index (χ1) is 10.3. The number of rotatable bonds is 6. The van der Waals surface area contributed by atoms with E-state index in [0.29, 0.717) is 6.42 Å². The van der Waals surface area contributed by atoms with Crippen molar-refractivity contribution in [1.29, 1.82) is 0 Å². The molecule has 1 unspecified atom stereocenters. The van der Waals surface area contributed by atoms with Crippen LogP contribution in [0.1, 0.15) is 49.1 Å². The van der Waals surface area contributed by atoms with Gasteiger partial charge in [0.15, 0.2) is 0 Å². The minimum atomic E-state index is 0.286. The minimum Gasteiger partial charge on any atom is -0.356 e. The number of benzene rings is 2. The van der Waals surface area contributed by atoms with Gasteiger partial charge in [-0.1, -0.05) is 31.2 Å². The van der Waals surface area contributed by atoms with E-state index >= 15 is 0 Å². The smallest absolute Gasteiger partial charge is 0.120 e. The maximum atomic E-state index is 10.6. The fourth-order valence-electron chi connectivity index (χ4n) is 2.60. The van der Waals surface area contributed by atoms with Crippen LogP contribution in [-0.4, -0.2) is 6.29 Å². The Labute approximate surface area is 126 Å². The molecule has 21 heavy (non-hydrogen) atoms. The van der Waals surface area contributed by atoms with Crippen LogP contribution in [0.15, 0.2) is 48.5 Å². The second kappa shape index (κ2) is 6.13. The summed E-state index contributed by atoms with van der Waals surface area (Å²) in [6.45, 7) is 2.08. The van der Waals surface area contributed by atoms with E-state index in [9.17, 15) is 4.79 Å². The Bertz CT molecular complexity index is 596. The molecule has 1 fully saturated rings. The summed E-state index contributed by atoms with van der Waals surface area (Å²) in [5.41, 5.74) is 4.86. The molecule has 0 saturated heterocycles. The summed E-state index contributed by atoms with van der Waals surface area (Å²) in [6.07, 6.45) is 4.24. The van der Waals surface area contributed by atoms with Crippen molar-refractivity contribution in [2.75, 3.05) is 5.32 Å². The van der Waals surface area contributed by atoms with Gasteiger partial charge in [0.1, 0.15) is 6.29 Å². The highest BCUT2D eigenvalue weighted by Crippen LogP contribution is 2.40. The lowest BCUT2D eigenvalue weighted by atomic mass is 9.98. The Balaban J connectivity index is 1.65. The average molecular weight is 279 g/mol. The van der Waals surface area contributed by atoms with E-state index in [0.717, 1.165) is 23.6 Å². The van der Waals surface area contributed by atoms with Gasteiger partial charge in [-0.25, -0.2) is 0 Å². The van der Waals surface area contributed by atoms with Crippen molar-refractivity contribution < 1.29 is 4.79 Å². The lowest BCUT2D eigenvalue weighted by Gasteiger charge is -2.11. The predicted octanol–water partition coefficient (Wildman–Crippen LogP) is 5.00. The van der Waals surface area contributed by atoms with E-state index in [1.807, 2.05) is 0 Å². The molecule has 1 aliphatic rings. The topological polar surface area (TPSA) is 29.1 Å². The van der Waals surface area contributed by atoms with Crippen LogP contribution < -0.4 is 5.32 Å². The average Bonchev–Trinajstić information content (AvgIpc) is 3.34. The fraction of sp³-hybridized carbons (Fsp3) is 0.316. The molecule has 3 rings (SSSR count). The summed E-state index contributed by atoms with van der Waals surface area (Å²) >= 11 is 0. The van der Waals surface area contributed by atoms with Crippen molar-refractivity contribution >= 4 is 17.7 Å². The van der Waals surface area contributed by atoms with E-state index in [1.165, 1.54) is 24.0 Å². The van der Waals surface area contributed by atoms with Crippen LogP contribution in [0.3, 0.4) is 0 Å². The molecule has 0 aromatic heterocycles. The molecule has 0 amide bonds. The third kappa shape index (κ3) is 3.52. The van der Waals surface area contributed by atoms with E-state index in [1.54, 1.807) is 0 Å². The summed E-state index contributed by atoms with van der Waals surface area (Å²) in [4.78, 5) is 10.6. The van der Waals surface area contributed by atoms with Crippen molar-refractivity contribution in [2.45, 2.75) is 38.0 Å². The summed E-state index contributed by atoms with van der Waals surface area (Å²) in [5.74, 6) is 1.09. The third-order valence-electron chi connectivity index (χ3n) is 4.18. The first-order valence-electron chi connectivity index (χ1n) is 7.67. The van der Waals surface area contributed by atoms with Crippen molar-refractivity contribution in [3.8, 4) is 0 Å². The molecular weight excluding hydrogens is 258 g/mol. The Kier molecular flexibility index (Phi) is 4.05. The zero-order valence-corrected chi connectivity index (χ0v) is 12.4. The highest BCUT2D eigenvalue weighted by Gasteiger charge is 2.22. The first kappa shape index (κ1) is 13.9. The Hall–Kier alpha value is -2.09.